The largest absolute Gasteiger partial charge is 0.489 e. The summed E-state index contributed by atoms with van der Waals surface area (Å²) >= 11 is 0. The number of nitro groups is 1. The van der Waals surface area contributed by atoms with E-state index in [0.29, 0.717) is 18.6 Å². The molecule has 2 N–H and O–H groups in total. The van der Waals surface area contributed by atoms with Gasteiger partial charge in [-0.15, -0.1) is 0 Å². The van der Waals surface area contributed by atoms with E-state index in [1.54, 1.807) is 0 Å². The lowest BCUT2D eigenvalue weighted by molar-refractivity contribution is -0.385. The summed E-state index contributed by atoms with van der Waals surface area (Å²) in [6.07, 6.45) is 0.535. The van der Waals surface area contributed by atoms with Crippen molar-refractivity contribution in [3.8, 4) is 5.75 Å². The minimum atomic E-state index is -4.35. The fraction of sp³-hybridized carbons (Fsp3) is 0.500. The highest BCUT2D eigenvalue weighted by atomic mass is 32.2. The molecule has 21 heavy (non-hydrogen) atoms. The maximum absolute atomic E-state index is 13.9. The SMILES string of the molecule is CC(C)(C)CCOc1c(F)cc([N+](=O)[O-])cc1S(N)(=O)=O. The third kappa shape index (κ3) is 4.94. The molecule has 0 atom stereocenters. The minimum absolute atomic E-state index is 0.0563. The molecule has 0 fully saturated rings. The van der Waals surface area contributed by atoms with Crippen LogP contribution in [0.1, 0.15) is 27.2 Å². The molecule has 1 aromatic rings. The van der Waals surface area contributed by atoms with Crippen LogP contribution in [0.15, 0.2) is 17.0 Å². The number of halogens is 1. The highest BCUT2D eigenvalue weighted by Gasteiger charge is 2.25. The summed E-state index contributed by atoms with van der Waals surface area (Å²) in [7, 11) is -4.35. The summed E-state index contributed by atoms with van der Waals surface area (Å²) in [5, 5.41) is 15.6. The molecule has 0 aromatic heterocycles. The van der Waals surface area contributed by atoms with Crippen LogP contribution in [0.4, 0.5) is 10.1 Å². The summed E-state index contributed by atoms with van der Waals surface area (Å²) in [5.74, 6) is -1.73. The summed E-state index contributed by atoms with van der Waals surface area (Å²) in [6.45, 7) is 5.86. The van der Waals surface area contributed by atoms with Gasteiger partial charge in [-0.2, -0.15) is 0 Å². The molecule has 7 nitrogen and oxygen atoms in total. The second kappa shape index (κ2) is 5.94. The Morgan fingerprint density at radius 2 is 1.95 bits per heavy atom. The smallest absolute Gasteiger partial charge is 0.274 e. The Hall–Kier alpha value is -1.74. The Labute approximate surface area is 122 Å². The fourth-order valence-corrected chi connectivity index (χ4v) is 2.17. The molecule has 0 bridgehead atoms. The molecule has 0 aliphatic carbocycles. The van der Waals surface area contributed by atoms with Crippen molar-refractivity contribution in [2.75, 3.05) is 6.61 Å². The minimum Gasteiger partial charge on any atom is -0.489 e. The normalized spacial score (nSPS) is 12.2. The average Bonchev–Trinajstić information content (AvgIpc) is 2.27. The van der Waals surface area contributed by atoms with Crippen molar-refractivity contribution in [1.29, 1.82) is 0 Å². The first-order chi connectivity index (χ1) is 9.42. The first-order valence-corrected chi connectivity index (χ1v) is 7.60. The van der Waals surface area contributed by atoms with Gasteiger partial charge in [0.25, 0.3) is 5.69 Å². The first-order valence-electron chi connectivity index (χ1n) is 6.05. The van der Waals surface area contributed by atoms with Gasteiger partial charge in [0.05, 0.1) is 17.6 Å². The molecular formula is C12H17FN2O5S. The van der Waals surface area contributed by atoms with Crippen LogP contribution in [0.5, 0.6) is 5.75 Å². The first kappa shape index (κ1) is 17.3. The number of sulfonamides is 1. The third-order valence-corrected chi connectivity index (χ3v) is 3.53. The van der Waals surface area contributed by atoms with Gasteiger partial charge in [0.2, 0.25) is 10.0 Å². The van der Waals surface area contributed by atoms with E-state index in [-0.39, 0.29) is 12.0 Å². The highest BCUT2D eigenvalue weighted by molar-refractivity contribution is 7.89. The number of ether oxygens (including phenoxy) is 1. The summed E-state index contributed by atoms with van der Waals surface area (Å²) in [6, 6.07) is 1.28. The Balaban J connectivity index is 3.21. The Morgan fingerprint density at radius 1 is 1.38 bits per heavy atom. The summed E-state index contributed by atoms with van der Waals surface area (Å²) in [5.41, 5.74) is -0.807. The van der Waals surface area contributed by atoms with Gasteiger partial charge in [-0.3, -0.25) is 10.1 Å². The van der Waals surface area contributed by atoms with E-state index in [0.717, 1.165) is 0 Å². The van der Waals surface area contributed by atoms with Gasteiger partial charge < -0.3 is 4.74 Å². The van der Waals surface area contributed by atoms with E-state index in [2.05, 4.69) is 0 Å². The van der Waals surface area contributed by atoms with Gasteiger partial charge in [-0.05, 0) is 11.8 Å². The number of nitrogens with two attached hydrogens (primary N) is 1. The van der Waals surface area contributed by atoms with E-state index in [9.17, 15) is 22.9 Å². The molecule has 9 heteroatoms. The van der Waals surface area contributed by atoms with Gasteiger partial charge in [-0.1, -0.05) is 20.8 Å². The van der Waals surface area contributed by atoms with Crippen LogP contribution in [0.2, 0.25) is 0 Å². The number of nitrogens with zero attached hydrogens (tertiary/aromatic N) is 1. The zero-order chi connectivity index (χ0) is 16.4. The molecule has 0 radical (unpaired) electrons. The van der Waals surface area contributed by atoms with Crippen LogP contribution in [0.25, 0.3) is 0 Å². The van der Waals surface area contributed by atoms with Crippen molar-refractivity contribution in [2.24, 2.45) is 10.6 Å². The molecule has 118 valence electrons. The molecule has 1 rings (SSSR count). The Bertz CT molecular complexity index is 652. The third-order valence-electron chi connectivity index (χ3n) is 2.61. The lowest BCUT2D eigenvalue weighted by Crippen LogP contribution is -2.17. The summed E-state index contributed by atoms with van der Waals surface area (Å²) in [4.78, 5) is 9.01. The van der Waals surface area contributed by atoms with Crippen LogP contribution in [0.3, 0.4) is 0 Å². The molecule has 0 amide bonds. The predicted octanol–water partition coefficient (Wildman–Crippen LogP) is 2.20. The molecule has 0 unspecified atom stereocenters. The number of rotatable bonds is 5. The number of non-ortho nitro benzene ring substituents is 1. The second-order valence-electron chi connectivity index (χ2n) is 5.72. The lowest BCUT2D eigenvalue weighted by Gasteiger charge is -2.19. The van der Waals surface area contributed by atoms with Crippen LogP contribution < -0.4 is 9.88 Å². The number of hydrogen-bond donors (Lipinski definition) is 1. The predicted molar refractivity (Wildman–Crippen MR) is 74.0 cm³/mol. The van der Waals surface area contributed by atoms with Gasteiger partial charge in [0.15, 0.2) is 11.6 Å². The van der Waals surface area contributed by atoms with Crippen molar-refractivity contribution in [2.45, 2.75) is 32.1 Å². The van der Waals surface area contributed by atoms with E-state index >= 15 is 0 Å². The average molecular weight is 320 g/mol. The molecule has 1 aromatic carbocycles. The highest BCUT2D eigenvalue weighted by Crippen LogP contribution is 2.31. The van der Waals surface area contributed by atoms with E-state index in [4.69, 9.17) is 9.88 Å². The van der Waals surface area contributed by atoms with Crippen LogP contribution in [-0.2, 0) is 10.0 Å². The number of benzene rings is 1. The van der Waals surface area contributed by atoms with Crippen molar-refractivity contribution in [1.82, 2.24) is 0 Å². The maximum atomic E-state index is 13.9. The van der Waals surface area contributed by atoms with Gasteiger partial charge in [-0.25, -0.2) is 17.9 Å². The van der Waals surface area contributed by atoms with Gasteiger partial charge in [0, 0.05) is 6.07 Å². The molecule has 0 saturated heterocycles. The number of primary sulfonamides is 1. The topological polar surface area (TPSA) is 113 Å². The van der Waals surface area contributed by atoms with Crippen molar-refractivity contribution in [3.63, 3.8) is 0 Å². The molecule has 0 aliphatic heterocycles. The molecule has 0 heterocycles. The maximum Gasteiger partial charge on any atom is 0.274 e. The molecular weight excluding hydrogens is 303 g/mol. The number of hydrogen-bond acceptors (Lipinski definition) is 5. The summed E-state index contributed by atoms with van der Waals surface area (Å²) < 4.78 is 41.9. The standard InChI is InChI=1S/C12H17FN2O5S/c1-12(2,3)4-5-20-11-9(13)6-8(15(16)17)7-10(11)21(14,18)19/h6-7H,4-5H2,1-3H3,(H2,14,18,19). The van der Waals surface area contributed by atoms with E-state index in [1.165, 1.54) is 0 Å². The van der Waals surface area contributed by atoms with Crippen LogP contribution in [-0.4, -0.2) is 19.9 Å². The molecule has 0 spiro atoms. The Morgan fingerprint density at radius 3 is 2.38 bits per heavy atom. The van der Waals surface area contributed by atoms with Gasteiger partial charge >= 0.3 is 0 Å². The van der Waals surface area contributed by atoms with Crippen LogP contribution >= 0.6 is 0 Å². The molecule has 0 saturated carbocycles. The fourth-order valence-electron chi connectivity index (χ4n) is 1.47. The van der Waals surface area contributed by atoms with Crippen molar-refractivity contribution < 1.29 is 22.5 Å². The van der Waals surface area contributed by atoms with E-state index < -0.39 is 37.1 Å². The monoisotopic (exact) mass is 320 g/mol. The number of nitro benzene ring substituents is 1. The molecule has 0 aliphatic rings. The lowest BCUT2D eigenvalue weighted by atomic mass is 9.93. The zero-order valence-electron chi connectivity index (χ0n) is 11.9. The Kier molecular flexibility index (Phi) is 4.90. The second-order valence-corrected chi connectivity index (χ2v) is 7.25. The zero-order valence-corrected chi connectivity index (χ0v) is 12.7. The quantitative estimate of drug-likeness (QED) is 0.660. The van der Waals surface area contributed by atoms with E-state index in [1.807, 2.05) is 20.8 Å². The van der Waals surface area contributed by atoms with Crippen molar-refractivity contribution >= 4 is 15.7 Å². The van der Waals surface area contributed by atoms with Gasteiger partial charge in [0.1, 0.15) is 4.90 Å². The van der Waals surface area contributed by atoms with Crippen molar-refractivity contribution in [3.05, 3.63) is 28.1 Å². The van der Waals surface area contributed by atoms with Crippen LogP contribution in [0, 0.1) is 21.3 Å².